The Morgan fingerprint density at radius 3 is 3.12 bits per heavy atom. The molecule has 7 heteroatoms. The molecular formula is C10H15N5O2. The summed E-state index contributed by atoms with van der Waals surface area (Å²) in [7, 11) is 0. The summed E-state index contributed by atoms with van der Waals surface area (Å²) >= 11 is 0. The maximum atomic E-state index is 10.9. The topological polar surface area (TPSA) is 98.2 Å². The van der Waals surface area contributed by atoms with E-state index in [2.05, 4.69) is 16.9 Å². The summed E-state index contributed by atoms with van der Waals surface area (Å²) in [5.41, 5.74) is 5.44. The molecule has 0 amide bonds. The highest BCUT2D eigenvalue weighted by Crippen LogP contribution is 2.32. The standard InChI is InChI=1S/C10H15N5O2/c1-2-7-4-3-5-14(7)9-8(15(16)17)6-12-10(11)13-9/h6-7H,2-5H2,1H3,(H2,11,12,13). The van der Waals surface area contributed by atoms with Crippen molar-refractivity contribution >= 4 is 17.5 Å². The lowest BCUT2D eigenvalue weighted by molar-refractivity contribution is -0.384. The molecule has 1 atom stereocenters. The molecular weight excluding hydrogens is 222 g/mol. The third-order valence-corrected chi connectivity index (χ3v) is 3.09. The lowest BCUT2D eigenvalue weighted by Crippen LogP contribution is -2.30. The third-order valence-electron chi connectivity index (χ3n) is 3.09. The Bertz CT molecular complexity index is 437. The second-order valence-electron chi connectivity index (χ2n) is 4.09. The average molecular weight is 237 g/mol. The first-order valence-corrected chi connectivity index (χ1v) is 5.67. The van der Waals surface area contributed by atoms with Crippen molar-refractivity contribution in [2.75, 3.05) is 17.2 Å². The van der Waals surface area contributed by atoms with Gasteiger partial charge in [-0.1, -0.05) is 6.92 Å². The van der Waals surface area contributed by atoms with Gasteiger partial charge in [-0.3, -0.25) is 10.1 Å². The zero-order valence-corrected chi connectivity index (χ0v) is 9.67. The molecule has 0 spiro atoms. The number of hydrogen-bond donors (Lipinski definition) is 1. The van der Waals surface area contributed by atoms with Crippen LogP contribution in [0.1, 0.15) is 26.2 Å². The van der Waals surface area contributed by atoms with Crippen molar-refractivity contribution in [3.8, 4) is 0 Å². The lowest BCUT2D eigenvalue weighted by Gasteiger charge is -2.24. The summed E-state index contributed by atoms with van der Waals surface area (Å²) in [5, 5.41) is 10.9. The van der Waals surface area contributed by atoms with Crippen LogP contribution in [-0.4, -0.2) is 27.5 Å². The molecule has 1 aromatic rings. The zero-order chi connectivity index (χ0) is 12.4. The van der Waals surface area contributed by atoms with Crippen LogP contribution in [0.15, 0.2) is 6.20 Å². The van der Waals surface area contributed by atoms with E-state index in [1.165, 1.54) is 6.20 Å². The van der Waals surface area contributed by atoms with Gasteiger partial charge in [0.1, 0.15) is 6.20 Å². The summed E-state index contributed by atoms with van der Waals surface area (Å²) in [6, 6.07) is 0.308. The Morgan fingerprint density at radius 1 is 1.71 bits per heavy atom. The predicted molar refractivity (Wildman–Crippen MR) is 63.8 cm³/mol. The molecule has 1 aromatic heterocycles. The Balaban J connectivity index is 2.42. The Labute approximate surface area is 98.8 Å². The van der Waals surface area contributed by atoms with Crippen molar-refractivity contribution in [2.24, 2.45) is 0 Å². The van der Waals surface area contributed by atoms with Crippen LogP contribution < -0.4 is 10.6 Å². The van der Waals surface area contributed by atoms with E-state index < -0.39 is 4.92 Å². The molecule has 92 valence electrons. The summed E-state index contributed by atoms with van der Waals surface area (Å²) in [5.74, 6) is 0.430. The Kier molecular flexibility index (Phi) is 3.08. The van der Waals surface area contributed by atoms with Crippen molar-refractivity contribution in [2.45, 2.75) is 32.2 Å². The molecule has 2 heterocycles. The molecule has 1 saturated heterocycles. The van der Waals surface area contributed by atoms with Crippen LogP contribution >= 0.6 is 0 Å². The van der Waals surface area contributed by atoms with Gasteiger partial charge in [-0.2, -0.15) is 4.98 Å². The van der Waals surface area contributed by atoms with Gasteiger partial charge in [-0.15, -0.1) is 0 Å². The monoisotopic (exact) mass is 237 g/mol. The molecule has 17 heavy (non-hydrogen) atoms. The van der Waals surface area contributed by atoms with Crippen molar-refractivity contribution in [3.63, 3.8) is 0 Å². The van der Waals surface area contributed by atoms with E-state index in [1.807, 2.05) is 4.90 Å². The molecule has 2 rings (SSSR count). The van der Waals surface area contributed by atoms with Gasteiger partial charge < -0.3 is 10.6 Å². The fourth-order valence-corrected chi connectivity index (χ4v) is 2.26. The molecule has 1 aliphatic heterocycles. The van der Waals surface area contributed by atoms with E-state index in [1.54, 1.807) is 0 Å². The van der Waals surface area contributed by atoms with Crippen LogP contribution in [0.3, 0.4) is 0 Å². The fraction of sp³-hybridized carbons (Fsp3) is 0.600. The minimum absolute atomic E-state index is 0.0699. The van der Waals surface area contributed by atoms with Crippen LogP contribution in [-0.2, 0) is 0 Å². The van der Waals surface area contributed by atoms with Crippen molar-refractivity contribution in [1.29, 1.82) is 0 Å². The second kappa shape index (κ2) is 4.52. The highest BCUT2D eigenvalue weighted by atomic mass is 16.6. The first-order chi connectivity index (χ1) is 8.13. The number of nitrogens with zero attached hydrogens (tertiary/aromatic N) is 4. The van der Waals surface area contributed by atoms with Crippen molar-refractivity contribution < 1.29 is 4.92 Å². The fourth-order valence-electron chi connectivity index (χ4n) is 2.26. The van der Waals surface area contributed by atoms with Crippen LogP contribution in [0.5, 0.6) is 0 Å². The van der Waals surface area contributed by atoms with Gasteiger partial charge in [0, 0.05) is 12.6 Å². The van der Waals surface area contributed by atoms with Crippen LogP contribution in [0.4, 0.5) is 17.5 Å². The number of hydrogen-bond acceptors (Lipinski definition) is 6. The van der Waals surface area contributed by atoms with Gasteiger partial charge in [-0.05, 0) is 19.3 Å². The summed E-state index contributed by atoms with van der Waals surface area (Å²) in [6.07, 6.45) is 4.20. The van der Waals surface area contributed by atoms with E-state index in [4.69, 9.17) is 5.73 Å². The highest BCUT2D eigenvalue weighted by Gasteiger charge is 2.30. The second-order valence-corrected chi connectivity index (χ2v) is 4.09. The molecule has 1 unspecified atom stereocenters. The van der Waals surface area contributed by atoms with E-state index in [0.29, 0.717) is 11.9 Å². The Morgan fingerprint density at radius 2 is 2.47 bits per heavy atom. The maximum Gasteiger partial charge on any atom is 0.329 e. The van der Waals surface area contributed by atoms with Crippen LogP contribution in [0, 0.1) is 10.1 Å². The maximum absolute atomic E-state index is 10.9. The number of anilines is 2. The molecule has 1 aliphatic rings. The minimum Gasteiger partial charge on any atom is -0.368 e. The number of nitrogen functional groups attached to an aromatic ring is 1. The van der Waals surface area contributed by atoms with E-state index in [9.17, 15) is 10.1 Å². The van der Waals surface area contributed by atoms with E-state index in [-0.39, 0.29) is 11.6 Å². The van der Waals surface area contributed by atoms with Gasteiger partial charge in [0.05, 0.1) is 4.92 Å². The normalized spacial score (nSPS) is 19.6. The smallest absolute Gasteiger partial charge is 0.329 e. The summed E-state index contributed by atoms with van der Waals surface area (Å²) in [4.78, 5) is 20.2. The van der Waals surface area contributed by atoms with Gasteiger partial charge >= 0.3 is 5.69 Å². The molecule has 0 aromatic carbocycles. The molecule has 2 N–H and O–H groups in total. The molecule has 1 fully saturated rings. The summed E-state index contributed by atoms with van der Waals surface area (Å²) < 4.78 is 0. The predicted octanol–water partition coefficient (Wildman–Crippen LogP) is 1.35. The Hall–Kier alpha value is -1.92. The number of rotatable bonds is 3. The molecule has 0 saturated carbocycles. The molecule has 0 bridgehead atoms. The van der Waals surface area contributed by atoms with Crippen molar-refractivity contribution in [3.05, 3.63) is 16.3 Å². The van der Waals surface area contributed by atoms with Crippen LogP contribution in [0.25, 0.3) is 0 Å². The van der Waals surface area contributed by atoms with Gasteiger partial charge in [0.15, 0.2) is 0 Å². The minimum atomic E-state index is -0.459. The number of nitrogens with two attached hydrogens (primary N) is 1. The first-order valence-electron chi connectivity index (χ1n) is 5.67. The van der Waals surface area contributed by atoms with Gasteiger partial charge in [-0.25, -0.2) is 4.98 Å². The quantitative estimate of drug-likeness (QED) is 0.629. The van der Waals surface area contributed by atoms with Crippen molar-refractivity contribution in [1.82, 2.24) is 9.97 Å². The summed E-state index contributed by atoms with van der Waals surface area (Å²) in [6.45, 7) is 2.86. The van der Waals surface area contributed by atoms with Gasteiger partial charge in [0.25, 0.3) is 0 Å². The number of aromatic nitrogens is 2. The van der Waals surface area contributed by atoms with E-state index in [0.717, 1.165) is 25.8 Å². The van der Waals surface area contributed by atoms with Crippen LogP contribution in [0.2, 0.25) is 0 Å². The lowest BCUT2D eigenvalue weighted by atomic mass is 10.2. The largest absolute Gasteiger partial charge is 0.368 e. The average Bonchev–Trinajstić information content (AvgIpc) is 2.76. The zero-order valence-electron chi connectivity index (χ0n) is 9.67. The highest BCUT2D eigenvalue weighted by molar-refractivity contribution is 5.59. The third kappa shape index (κ3) is 2.13. The SMILES string of the molecule is CCC1CCCN1c1nc(N)ncc1[N+](=O)[O-]. The van der Waals surface area contributed by atoms with Gasteiger partial charge in [0.2, 0.25) is 11.8 Å². The number of nitro groups is 1. The van der Waals surface area contributed by atoms with E-state index >= 15 is 0 Å². The molecule has 0 radical (unpaired) electrons. The molecule has 0 aliphatic carbocycles. The molecule has 7 nitrogen and oxygen atoms in total. The first kappa shape index (κ1) is 11.6.